The summed E-state index contributed by atoms with van der Waals surface area (Å²) in [5.41, 5.74) is 3.64. The Morgan fingerprint density at radius 1 is 0.864 bits per heavy atom. The molecule has 0 N–H and O–H groups in total. The van der Waals surface area contributed by atoms with Gasteiger partial charge >= 0.3 is 18.1 Å². The molecule has 2 unspecified atom stereocenters. The number of benzene rings is 2. The topological polar surface area (TPSA) is 63.4 Å². The number of Topliss-reactive ketones (excluding diaryl/α,β-unsaturated/α-hetero) is 1. The molecule has 1 saturated heterocycles. The lowest BCUT2D eigenvalue weighted by Crippen LogP contribution is -2.38. The maximum absolute atomic E-state index is 12.9. The van der Waals surface area contributed by atoms with Gasteiger partial charge in [-0.1, -0.05) is 69.2 Å². The Labute approximate surface area is 256 Å². The fourth-order valence-electron chi connectivity index (χ4n) is 7.08. The number of imidazole rings is 1. The van der Waals surface area contributed by atoms with E-state index in [1.165, 1.54) is 57.1 Å². The summed E-state index contributed by atoms with van der Waals surface area (Å²) in [7, 11) is 0. The second-order valence-electron chi connectivity index (χ2n) is 13.0. The van der Waals surface area contributed by atoms with Crippen LogP contribution in [0.15, 0.2) is 48.7 Å². The second kappa shape index (κ2) is 13.2. The number of alkyl halides is 3. The number of nitrogens with zero attached hydrogens (tertiary/aromatic N) is 3. The highest BCUT2D eigenvalue weighted by Gasteiger charge is 2.32. The van der Waals surface area contributed by atoms with Crippen molar-refractivity contribution in [2.75, 3.05) is 13.1 Å². The van der Waals surface area contributed by atoms with E-state index in [1.54, 1.807) is 17.0 Å². The van der Waals surface area contributed by atoms with Crippen molar-refractivity contribution in [3.05, 3.63) is 65.4 Å². The predicted octanol–water partition coefficient (Wildman–Crippen LogP) is 7.92. The van der Waals surface area contributed by atoms with Crippen LogP contribution in [0.3, 0.4) is 0 Å². The molecule has 2 fully saturated rings. The van der Waals surface area contributed by atoms with Gasteiger partial charge in [-0.3, -0.25) is 4.79 Å². The largest absolute Gasteiger partial charge is 0.445 e. The van der Waals surface area contributed by atoms with Crippen LogP contribution in [0.25, 0.3) is 16.9 Å². The molecule has 1 amide bonds. The zero-order chi connectivity index (χ0) is 30.7. The monoisotopic (exact) mass is 608 g/mol. The Kier molecular flexibility index (Phi) is 9.19. The molecule has 3 heterocycles. The summed E-state index contributed by atoms with van der Waals surface area (Å²) in [6.07, 6.45) is 8.56. The minimum Gasteiger partial charge on any atom is -0.445 e. The van der Waals surface area contributed by atoms with Gasteiger partial charge in [0.05, 0.1) is 6.42 Å². The van der Waals surface area contributed by atoms with Gasteiger partial charge in [-0.15, -0.1) is 0 Å². The van der Waals surface area contributed by atoms with Crippen LogP contribution in [0.5, 0.6) is 0 Å². The van der Waals surface area contributed by atoms with Crippen molar-refractivity contribution >= 4 is 22.9 Å². The number of hydrogen-bond donors (Lipinski definition) is 0. The molecule has 9 heteroatoms. The third-order valence-electron chi connectivity index (χ3n) is 9.85. The SMILES string of the molecule is O=C(CCC1CCCC(CCC2CCN(C(=O)OCc3ccc(CC(F)(F)F)cc3)CC2)CC1)c1ccc2c(c1)nc1c[n+]2-1. The Bertz CT molecular complexity index is 1480. The highest BCUT2D eigenvalue weighted by Crippen LogP contribution is 2.35. The molecule has 0 spiro atoms. The van der Waals surface area contributed by atoms with Crippen molar-refractivity contribution < 1.29 is 32.1 Å². The van der Waals surface area contributed by atoms with E-state index in [0.29, 0.717) is 36.9 Å². The van der Waals surface area contributed by atoms with E-state index in [1.807, 2.05) is 29.0 Å². The van der Waals surface area contributed by atoms with Gasteiger partial charge in [0.1, 0.15) is 6.61 Å². The first kappa shape index (κ1) is 30.5. The highest BCUT2D eigenvalue weighted by molar-refractivity contribution is 5.98. The molecule has 0 radical (unpaired) electrons. The van der Waals surface area contributed by atoms with Crippen LogP contribution in [-0.4, -0.2) is 41.0 Å². The Hall–Kier alpha value is -3.49. The predicted molar refractivity (Wildman–Crippen MR) is 160 cm³/mol. The van der Waals surface area contributed by atoms with Gasteiger partial charge in [-0.2, -0.15) is 17.7 Å². The molecule has 44 heavy (non-hydrogen) atoms. The number of likely N-dealkylation sites (tertiary alicyclic amines) is 1. The summed E-state index contributed by atoms with van der Waals surface area (Å²) in [5.74, 6) is 3.20. The van der Waals surface area contributed by atoms with Gasteiger partial charge in [0.25, 0.3) is 0 Å². The Balaban J connectivity index is 0.855. The number of piperidine rings is 1. The number of carbonyl (C=O) groups excluding carboxylic acids is 2. The van der Waals surface area contributed by atoms with Crippen LogP contribution < -0.4 is 4.57 Å². The Morgan fingerprint density at radius 3 is 2.23 bits per heavy atom. The molecule has 6 rings (SSSR count). The van der Waals surface area contributed by atoms with Gasteiger partial charge in [-0.05, 0) is 65.3 Å². The summed E-state index contributed by atoms with van der Waals surface area (Å²) in [6.45, 7) is 1.43. The number of hydrogen-bond acceptors (Lipinski definition) is 4. The molecule has 2 aromatic rings. The fraction of sp³-hybridized carbons (Fsp3) is 0.543. The molecule has 1 aliphatic carbocycles. The smallest absolute Gasteiger partial charge is 0.410 e. The Morgan fingerprint density at radius 2 is 1.52 bits per heavy atom. The minimum atomic E-state index is -4.24. The third kappa shape index (κ3) is 7.96. The van der Waals surface area contributed by atoms with Gasteiger partial charge < -0.3 is 9.64 Å². The minimum absolute atomic E-state index is 0.0591. The number of ketones is 1. The number of aromatic nitrogens is 2. The third-order valence-corrected chi connectivity index (χ3v) is 9.85. The fourth-order valence-corrected chi connectivity index (χ4v) is 7.08. The highest BCUT2D eigenvalue weighted by atomic mass is 19.4. The normalized spacial score (nSPS) is 20.4. The quantitative estimate of drug-likeness (QED) is 0.104. The lowest BCUT2D eigenvalue weighted by molar-refractivity contribution is -0.490. The van der Waals surface area contributed by atoms with E-state index in [4.69, 9.17) is 4.74 Å². The lowest BCUT2D eigenvalue weighted by atomic mass is 9.86. The maximum Gasteiger partial charge on any atom is 0.410 e. The molecule has 3 aliphatic heterocycles. The number of halogens is 3. The van der Waals surface area contributed by atoms with Crippen LogP contribution in [0.2, 0.25) is 0 Å². The van der Waals surface area contributed by atoms with Crippen molar-refractivity contribution in [1.82, 2.24) is 9.88 Å². The number of carbonyl (C=O) groups is 2. The molecule has 2 aromatic carbocycles. The van der Waals surface area contributed by atoms with E-state index in [0.717, 1.165) is 47.6 Å². The molecule has 1 saturated carbocycles. The van der Waals surface area contributed by atoms with Crippen LogP contribution in [0, 0.1) is 17.8 Å². The van der Waals surface area contributed by atoms with E-state index >= 15 is 0 Å². The molecule has 234 valence electrons. The van der Waals surface area contributed by atoms with Crippen LogP contribution >= 0.6 is 0 Å². The zero-order valence-corrected chi connectivity index (χ0v) is 25.2. The van der Waals surface area contributed by atoms with E-state index < -0.39 is 12.6 Å². The summed E-state index contributed by atoms with van der Waals surface area (Å²) in [6, 6.07) is 11.9. The van der Waals surface area contributed by atoms with Crippen LogP contribution in [0.4, 0.5) is 18.0 Å². The van der Waals surface area contributed by atoms with Gasteiger partial charge in [0.2, 0.25) is 5.52 Å². The molecule has 6 nitrogen and oxygen atoms in total. The molecule has 0 aromatic heterocycles. The van der Waals surface area contributed by atoms with Crippen molar-refractivity contribution in [2.24, 2.45) is 17.8 Å². The average Bonchev–Trinajstić information content (AvgIpc) is 3.74. The van der Waals surface area contributed by atoms with Crippen molar-refractivity contribution in [1.29, 1.82) is 0 Å². The first-order chi connectivity index (χ1) is 21.2. The number of fused-ring (bicyclic) bond motifs is 3. The molecule has 0 bridgehead atoms. The maximum atomic E-state index is 12.9. The van der Waals surface area contributed by atoms with Gasteiger partial charge in [0, 0.05) is 31.1 Å². The first-order valence-electron chi connectivity index (χ1n) is 16.2. The second-order valence-corrected chi connectivity index (χ2v) is 13.0. The van der Waals surface area contributed by atoms with Crippen LogP contribution in [-0.2, 0) is 17.8 Å². The number of amides is 1. The van der Waals surface area contributed by atoms with E-state index in [9.17, 15) is 22.8 Å². The molecular weight excluding hydrogens is 567 g/mol. The van der Waals surface area contributed by atoms with Crippen molar-refractivity contribution in [2.45, 2.75) is 89.8 Å². The average molecular weight is 609 g/mol. The zero-order valence-electron chi connectivity index (χ0n) is 25.2. The van der Waals surface area contributed by atoms with Crippen molar-refractivity contribution in [3.8, 4) is 5.82 Å². The van der Waals surface area contributed by atoms with Gasteiger partial charge in [0.15, 0.2) is 17.5 Å². The molecular formula is C35H41F3N3O3+. The molecule has 2 atom stereocenters. The summed E-state index contributed by atoms with van der Waals surface area (Å²) < 4.78 is 45.1. The first-order valence-corrected chi connectivity index (χ1v) is 16.2. The number of ether oxygens (including phenoxy) is 1. The summed E-state index contributed by atoms with van der Waals surface area (Å²) in [4.78, 5) is 31.7. The number of rotatable bonds is 10. The lowest BCUT2D eigenvalue weighted by Gasteiger charge is -2.32. The van der Waals surface area contributed by atoms with Crippen LogP contribution in [0.1, 0.15) is 92.1 Å². The van der Waals surface area contributed by atoms with Gasteiger partial charge in [-0.25, -0.2) is 4.79 Å². The van der Waals surface area contributed by atoms with E-state index in [2.05, 4.69) is 4.98 Å². The van der Waals surface area contributed by atoms with Crippen molar-refractivity contribution in [3.63, 3.8) is 0 Å². The summed E-state index contributed by atoms with van der Waals surface area (Å²) >= 11 is 0. The summed E-state index contributed by atoms with van der Waals surface area (Å²) in [5, 5.41) is 0. The standard InChI is InChI=1S/C35H41F3N3O3/c36-35(37,38)21-27-8-10-28(11-9-27)23-44-34(43)40-18-16-26(17-19-40)7-6-24-2-1-3-25(5-4-24)12-15-32(42)29-13-14-31-30(20-29)39-33-22-41(31)33/h8-11,13-14,20,22,24-26H,1-7,12,15-19,21,23H2/q+1. The van der Waals surface area contributed by atoms with E-state index in [-0.39, 0.29) is 24.0 Å². The molecule has 4 aliphatic rings.